The van der Waals surface area contributed by atoms with Crippen molar-refractivity contribution in [2.24, 2.45) is 0 Å². The lowest BCUT2D eigenvalue weighted by atomic mass is 10.1. The van der Waals surface area contributed by atoms with E-state index in [1.165, 1.54) is 0 Å². The van der Waals surface area contributed by atoms with Gasteiger partial charge in [0.1, 0.15) is 6.61 Å². The SMILES string of the molecule is O=C([O-])C1=C(OCc2ccccc2)C(=O)NCC1. The summed E-state index contributed by atoms with van der Waals surface area (Å²) in [6.45, 7) is 0.445. The highest BCUT2D eigenvalue weighted by molar-refractivity contribution is 6.01. The molecule has 18 heavy (non-hydrogen) atoms. The molecule has 0 atom stereocenters. The average molecular weight is 246 g/mol. The highest BCUT2D eigenvalue weighted by Gasteiger charge is 2.22. The first-order valence-electron chi connectivity index (χ1n) is 5.58. The lowest BCUT2D eigenvalue weighted by molar-refractivity contribution is -0.299. The van der Waals surface area contributed by atoms with Gasteiger partial charge in [-0.05, 0) is 12.0 Å². The smallest absolute Gasteiger partial charge is 0.286 e. The zero-order valence-corrected chi connectivity index (χ0v) is 9.64. The summed E-state index contributed by atoms with van der Waals surface area (Å²) >= 11 is 0. The Bertz CT molecular complexity index is 493. The molecule has 0 unspecified atom stereocenters. The third-order valence-corrected chi connectivity index (χ3v) is 2.61. The minimum absolute atomic E-state index is 0.0744. The van der Waals surface area contributed by atoms with Crippen molar-refractivity contribution in [1.29, 1.82) is 0 Å². The van der Waals surface area contributed by atoms with E-state index in [2.05, 4.69) is 5.32 Å². The summed E-state index contributed by atoms with van der Waals surface area (Å²) in [5, 5.41) is 13.4. The maximum absolute atomic E-state index is 11.5. The molecule has 1 heterocycles. The van der Waals surface area contributed by atoms with Crippen LogP contribution < -0.4 is 10.4 Å². The van der Waals surface area contributed by atoms with Gasteiger partial charge in [-0.1, -0.05) is 30.3 Å². The summed E-state index contributed by atoms with van der Waals surface area (Å²) in [6.07, 6.45) is 0.220. The van der Waals surface area contributed by atoms with Gasteiger partial charge in [-0.15, -0.1) is 0 Å². The summed E-state index contributed by atoms with van der Waals surface area (Å²) in [4.78, 5) is 22.4. The molecule has 1 aliphatic rings. The molecular formula is C13H12NO4-. The van der Waals surface area contributed by atoms with Crippen molar-refractivity contribution in [2.45, 2.75) is 13.0 Å². The van der Waals surface area contributed by atoms with Gasteiger partial charge < -0.3 is 20.0 Å². The molecule has 1 amide bonds. The van der Waals surface area contributed by atoms with E-state index >= 15 is 0 Å². The maximum Gasteiger partial charge on any atom is 0.286 e. The Morgan fingerprint density at radius 1 is 1.33 bits per heavy atom. The number of hydrogen-bond acceptors (Lipinski definition) is 4. The summed E-state index contributed by atoms with van der Waals surface area (Å²) < 4.78 is 5.30. The zero-order chi connectivity index (χ0) is 13.0. The van der Waals surface area contributed by atoms with Crippen LogP contribution in [0.25, 0.3) is 0 Å². The summed E-state index contributed by atoms with van der Waals surface area (Å²) in [5.74, 6) is -2.01. The lowest BCUT2D eigenvalue weighted by Gasteiger charge is -2.21. The first-order chi connectivity index (χ1) is 8.68. The van der Waals surface area contributed by atoms with E-state index in [0.29, 0.717) is 6.54 Å². The molecule has 0 spiro atoms. The number of carboxylic acid groups (broad SMARTS) is 1. The predicted octanol–water partition coefficient (Wildman–Crippen LogP) is -0.273. The fraction of sp³-hybridized carbons (Fsp3) is 0.231. The van der Waals surface area contributed by atoms with Crippen LogP contribution in [0.3, 0.4) is 0 Å². The van der Waals surface area contributed by atoms with Gasteiger partial charge in [0, 0.05) is 12.1 Å². The van der Waals surface area contributed by atoms with Crippen molar-refractivity contribution >= 4 is 11.9 Å². The summed E-state index contributed by atoms with van der Waals surface area (Å²) in [7, 11) is 0. The molecule has 1 aromatic carbocycles. The van der Waals surface area contributed by atoms with Crippen LogP contribution in [0, 0.1) is 0 Å². The molecule has 5 nitrogen and oxygen atoms in total. The third-order valence-electron chi connectivity index (χ3n) is 2.61. The van der Waals surface area contributed by atoms with Gasteiger partial charge in [-0.2, -0.15) is 0 Å². The topological polar surface area (TPSA) is 78.5 Å². The highest BCUT2D eigenvalue weighted by atomic mass is 16.5. The molecule has 2 rings (SSSR count). The first-order valence-corrected chi connectivity index (χ1v) is 5.58. The molecule has 0 fully saturated rings. The largest absolute Gasteiger partial charge is 0.545 e. The number of benzene rings is 1. The standard InChI is InChI=1S/C13H13NO4/c15-12-11(10(13(16)17)6-7-14-12)18-8-9-4-2-1-3-5-9/h1-5H,6-8H2,(H,14,15)(H,16,17)/p-1. The van der Waals surface area contributed by atoms with Crippen molar-refractivity contribution in [1.82, 2.24) is 5.32 Å². The number of carbonyl (C=O) groups is 2. The number of rotatable bonds is 4. The van der Waals surface area contributed by atoms with E-state index < -0.39 is 11.9 Å². The van der Waals surface area contributed by atoms with E-state index in [-0.39, 0.29) is 24.4 Å². The molecule has 0 aliphatic carbocycles. The van der Waals surface area contributed by atoms with Crippen molar-refractivity contribution in [3.63, 3.8) is 0 Å². The molecule has 1 aliphatic heterocycles. The van der Waals surface area contributed by atoms with Crippen molar-refractivity contribution in [2.75, 3.05) is 6.54 Å². The monoisotopic (exact) mass is 246 g/mol. The molecule has 5 heteroatoms. The molecule has 94 valence electrons. The van der Waals surface area contributed by atoms with Crippen LogP contribution in [0.15, 0.2) is 41.7 Å². The van der Waals surface area contributed by atoms with Crippen molar-refractivity contribution in [3.8, 4) is 0 Å². The Labute approximate surface area is 104 Å². The number of aliphatic carboxylic acids is 1. The van der Waals surface area contributed by atoms with Gasteiger partial charge in [0.15, 0.2) is 5.76 Å². The molecule has 0 aromatic heterocycles. The molecule has 0 radical (unpaired) electrons. The zero-order valence-electron chi connectivity index (χ0n) is 9.64. The van der Waals surface area contributed by atoms with Crippen LogP contribution in [0.1, 0.15) is 12.0 Å². The van der Waals surface area contributed by atoms with Gasteiger partial charge in [0.2, 0.25) is 0 Å². The highest BCUT2D eigenvalue weighted by Crippen LogP contribution is 2.16. The molecule has 0 saturated heterocycles. The van der Waals surface area contributed by atoms with Gasteiger partial charge in [0.25, 0.3) is 5.91 Å². The molecule has 1 aromatic rings. The summed E-state index contributed by atoms with van der Waals surface area (Å²) in [5.41, 5.74) is 0.788. The van der Waals surface area contributed by atoms with Crippen LogP contribution in [0.5, 0.6) is 0 Å². The van der Waals surface area contributed by atoms with Gasteiger partial charge in [0.05, 0.1) is 5.97 Å². The third kappa shape index (κ3) is 2.68. The number of nitrogens with one attached hydrogen (secondary N) is 1. The van der Waals surface area contributed by atoms with Gasteiger partial charge in [-0.25, -0.2) is 0 Å². The second-order valence-electron chi connectivity index (χ2n) is 3.88. The second-order valence-corrected chi connectivity index (χ2v) is 3.88. The number of carboxylic acids is 1. The first kappa shape index (κ1) is 12.2. The van der Waals surface area contributed by atoms with Gasteiger partial charge in [-0.3, -0.25) is 4.79 Å². The minimum Gasteiger partial charge on any atom is -0.545 e. The molecular weight excluding hydrogens is 234 g/mol. The lowest BCUT2D eigenvalue weighted by Crippen LogP contribution is -2.38. The number of ether oxygens (including phenoxy) is 1. The predicted molar refractivity (Wildman–Crippen MR) is 60.9 cm³/mol. The summed E-state index contributed by atoms with van der Waals surface area (Å²) in [6, 6.07) is 9.21. The van der Waals surface area contributed by atoms with E-state index in [1.807, 2.05) is 30.3 Å². The van der Waals surface area contributed by atoms with E-state index in [4.69, 9.17) is 4.74 Å². The Morgan fingerprint density at radius 3 is 2.72 bits per heavy atom. The Morgan fingerprint density at radius 2 is 2.06 bits per heavy atom. The maximum atomic E-state index is 11.5. The van der Waals surface area contributed by atoms with E-state index in [9.17, 15) is 14.7 Å². The minimum atomic E-state index is -1.35. The Balaban J connectivity index is 2.14. The number of amides is 1. The fourth-order valence-electron chi connectivity index (χ4n) is 1.71. The van der Waals surface area contributed by atoms with Crippen molar-refractivity contribution in [3.05, 3.63) is 47.2 Å². The Kier molecular flexibility index (Phi) is 3.62. The quantitative estimate of drug-likeness (QED) is 0.793. The van der Waals surface area contributed by atoms with Gasteiger partial charge >= 0.3 is 0 Å². The van der Waals surface area contributed by atoms with Crippen LogP contribution in [0.4, 0.5) is 0 Å². The fourth-order valence-corrected chi connectivity index (χ4v) is 1.71. The van der Waals surface area contributed by atoms with E-state index in [0.717, 1.165) is 5.56 Å². The molecule has 1 N–H and O–H groups in total. The molecule has 0 bridgehead atoms. The average Bonchev–Trinajstić information content (AvgIpc) is 2.38. The van der Waals surface area contributed by atoms with Crippen LogP contribution >= 0.6 is 0 Å². The van der Waals surface area contributed by atoms with E-state index in [1.54, 1.807) is 0 Å². The van der Waals surface area contributed by atoms with Crippen molar-refractivity contribution < 1.29 is 19.4 Å². The van der Waals surface area contributed by atoms with Crippen LogP contribution in [-0.4, -0.2) is 18.4 Å². The second kappa shape index (κ2) is 5.35. The Hall–Kier alpha value is -2.30. The molecule has 0 saturated carbocycles. The number of carbonyl (C=O) groups excluding carboxylic acids is 2. The van der Waals surface area contributed by atoms with Crippen LogP contribution in [-0.2, 0) is 20.9 Å². The number of hydrogen-bond donors (Lipinski definition) is 1. The van der Waals surface area contributed by atoms with Crippen LogP contribution in [0.2, 0.25) is 0 Å². The normalized spacial score (nSPS) is 15.2.